The second-order valence-corrected chi connectivity index (χ2v) is 5.38. The van der Waals surface area contributed by atoms with E-state index in [4.69, 9.17) is 9.84 Å². The first-order valence-corrected chi connectivity index (χ1v) is 6.50. The van der Waals surface area contributed by atoms with Crippen LogP contribution in [0.3, 0.4) is 0 Å². The molecule has 3 nitrogen and oxygen atoms in total. The van der Waals surface area contributed by atoms with E-state index in [2.05, 4.69) is 6.92 Å². The number of carbonyl (C=O) groups is 1. The highest BCUT2D eigenvalue weighted by Crippen LogP contribution is 2.34. The molecule has 0 rings (SSSR count). The summed E-state index contributed by atoms with van der Waals surface area (Å²) in [6.07, 6.45) is 1.24. The number of hydrogen-bond donors (Lipinski definition) is 1. The van der Waals surface area contributed by atoms with E-state index >= 15 is 0 Å². The maximum atomic E-state index is 11.7. The maximum absolute atomic E-state index is 11.7. The zero-order chi connectivity index (χ0) is 11.2. The van der Waals surface area contributed by atoms with E-state index < -0.39 is 6.10 Å². The quantitative estimate of drug-likeness (QED) is 0.548. The Morgan fingerprint density at radius 2 is 2.21 bits per heavy atom. The Kier molecular flexibility index (Phi) is 6.30. The standard InChI is InChI=1S/C10H21O3P/c1-5-6-10(3,14-4)9(12)13-7-8(2)11/h8,11,14H,5-7H2,1-4H3. The average Bonchev–Trinajstić information content (AvgIpc) is 2.14. The molecule has 1 N–H and O–H groups in total. The monoisotopic (exact) mass is 220 g/mol. The molecule has 0 heterocycles. The lowest BCUT2D eigenvalue weighted by atomic mass is 10.1. The van der Waals surface area contributed by atoms with Crippen LogP contribution < -0.4 is 0 Å². The summed E-state index contributed by atoms with van der Waals surface area (Å²) >= 11 is 0. The Bertz CT molecular complexity index is 182. The summed E-state index contributed by atoms with van der Waals surface area (Å²) in [6, 6.07) is 0. The molecule has 0 amide bonds. The minimum Gasteiger partial charge on any atom is -0.462 e. The Hall–Kier alpha value is -0.140. The number of hydrogen-bond acceptors (Lipinski definition) is 3. The molecular formula is C10H21O3P. The number of aliphatic hydroxyl groups excluding tert-OH is 1. The molecule has 0 aromatic heterocycles. The lowest BCUT2D eigenvalue weighted by molar-refractivity contribution is -0.149. The molecule has 0 saturated carbocycles. The van der Waals surface area contributed by atoms with Gasteiger partial charge >= 0.3 is 5.97 Å². The molecule has 0 fully saturated rings. The predicted molar refractivity (Wildman–Crippen MR) is 60.2 cm³/mol. The van der Waals surface area contributed by atoms with Crippen LogP contribution in [0.1, 0.15) is 33.6 Å². The Morgan fingerprint density at radius 1 is 1.64 bits per heavy atom. The first kappa shape index (κ1) is 13.9. The van der Waals surface area contributed by atoms with E-state index in [0.717, 1.165) is 12.8 Å². The van der Waals surface area contributed by atoms with Gasteiger partial charge in [-0.25, -0.2) is 0 Å². The zero-order valence-corrected chi connectivity index (χ0v) is 10.5. The van der Waals surface area contributed by atoms with E-state index in [9.17, 15) is 4.79 Å². The van der Waals surface area contributed by atoms with Crippen molar-refractivity contribution in [3.8, 4) is 0 Å². The van der Waals surface area contributed by atoms with Gasteiger partial charge in [0.1, 0.15) is 6.61 Å². The van der Waals surface area contributed by atoms with Crippen LogP contribution >= 0.6 is 8.58 Å². The third-order valence-electron chi connectivity index (χ3n) is 2.21. The van der Waals surface area contributed by atoms with Crippen molar-refractivity contribution >= 4 is 14.6 Å². The molecular weight excluding hydrogens is 199 g/mol. The summed E-state index contributed by atoms with van der Waals surface area (Å²) in [7, 11) is 0.536. The fourth-order valence-electron chi connectivity index (χ4n) is 1.18. The molecule has 3 unspecified atom stereocenters. The van der Waals surface area contributed by atoms with Crippen molar-refractivity contribution in [2.75, 3.05) is 13.3 Å². The lowest BCUT2D eigenvalue weighted by Crippen LogP contribution is -2.33. The van der Waals surface area contributed by atoms with Gasteiger partial charge in [0.05, 0.1) is 11.3 Å². The van der Waals surface area contributed by atoms with E-state index in [-0.39, 0.29) is 17.7 Å². The summed E-state index contributed by atoms with van der Waals surface area (Å²) in [5.74, 6) is -0.180. The van der Waals surface area contributed by atoms with Crippen molar-refractivity contribution in [2.24, 2.45) is 0 Å². The van der Waals surface area contributed by atoms with Gasteiger partial charge in [-0.15, -0.1) is 8.58 Å². The minimum absolute atomic E-state index is 0.0998. The minimum atomic E-state index is -0.579. The smallest absolute Gasteiger partial charge is 0.315 e. The average molecular weight is 220 g/mol. The van der Waals surface area contributed by atoms with Crippen LogP contribution in [0.2, 0.25) is 0 Å². The highest BCUT2D eigenvalue weighted by atomic mass is 31.1. The van der Waals surface area contributed by atoms with Gasteiger partial charge < -0.3 is 9.84 Å². The van der Waals surface area contributed by atoms with Crippen LogP contribution in [0.4, 0.5) is 0 Å². The molecule has 3 atom stereocenters. The van der Waals surface area contributed by atoms with Crippen molar-refractivity contribution in [2.45, 2.75) is 44.9 Å². The highest BCUT2D eigenvalue weighted by Gasteiger charge is 2.32. The van der Waals surface area contributed by atoms with E-state index in [1.165, 1.54) is 0 Å². The van der Waals surface area contributed by atoms with Crippen LogP contribution in [0.25, 0.3) is 0 Å². The fraction of sp³-hybridized carbons (Fsp3) is 0.900. The van der Waals surface area contributed by atoms with Gasteiger partial charge in [0.2, 0.25) is 0 Å². The van der Waals surface area contributed by atoms with E-state index in [0.29, 0.717) is 8.58 Å². The zero-order valence-electron chi connectivity index (χ0n) is 9.46. The molecule has 0 aliphatic carbocycles. The number of carbonyl (C=O) groups excluding carboxylic acids is 1. The third-order valence-corrected chi connectivity index (χ3v) is 3.77. The fourth-order valence-corrected chi connectivity index (χ4v) is 1.96. The normalized spacial score (nSPS) is 18.1. The van der Waals surface area contributed by atoms with E-state index in [1.54, 1.807) is 6.92 Å². The second kappa shape index (κ2) is 6.36. The van der Waals surface area contributed by atoms with Crippen LogP contribution in [0.5, 0.6) is 0 Å². The van der Waals surface area contributed by atoms with Gasteiger partial charge in [0, 0.05) is 0 Å². The Labute approximate surface area is 88.0 Å². The van der Waals surface area contributed by atoms with Crippen LogP contribution in [0, 0.1) is 0 Å². The topological polar surface area (TPSA) is 46.5 Å². The SMILES string of the molecule is CCCC(C)(PC)C(=O)OCC(C)O. The van der Waals surface area contributed by atoms with Gasteiger partial charge in [-0.2, -0.15) is 0 Å². The summed E-state index contributed by atoms with van der Waals surface area (Å²) in [5.41, 5.74) is 0. The molecule has 0 aliphatic rings. The van der Waals surface area contributed by atoms with E-state index in [1.807, 2.05) is 13.6 Å². The number of esters is 1. The molecule has 0 aromatic rings. The molecule has 84 valence electrons. The maximum Gasteiger partial charge on any atom is 0.315 e. The van der Waals surface area contributed by atoms with Gasteiger partial charge in [-0.05, 0) is 26.9 Å². The van der Waals surface area contributed by atoms with Crippen molar-refractivity contribution in [1.82, 2.24) is 0 Å². The molecule has 14 heavy (non-hydrogen) atoms. The highest BCUT2D eigenvalue weighted by molar-refractivity contribution is 7.40. The molecule has 0 spiro atoms. The van der Waals surface area contributed by atoms with Crippen molar-refractivity contribution in [3.05, 3.63) is 0 Å². The first-order valence-electron chi connectivity index (χ1n) is 5.00. The third kappa shape index (κ3) is 4.39. The molecule has 0 radical (unpaired) electrons. The molecule has 0 aromatic carbocycles. The Balaban J connectivity index is 4.16. The summed E-state index contributed by atoms with van der Waals surface area (Å²) in [4.78, 5) is 11.7. The summed E-state index contributed by atoms with van der Waals surface area (Å²) in [6.45, 7) is 7.71. The first-order chi connectivity index (χ1) is 6.46. The van der Waals surface area contributed by atoms with Gasteiger partial charge in [-0.1, -0.05) is 13.3 Å². The number of aliphatic hydroxyl groups is 1. The van der Waals surface area contributed by atoms with Crippen LogP contribution in [-0.2, 0) is 9.53 Å². The number of ether oxygens (including phenoxy) is 1. The lowest BCUT2D eigenvalue weighted by Gasteiger charge is -2.25. The van der Waals surface area contributed by atoms with Crippen LogP contribution in [-0.4, -0.2) is 35.6 Å². The van der Waals surface area contributed by atoms with Gasteiger partial charge in [-0.3, -0.25) is 4.79 Å². The molecule has 0 aliphatic heterocycles. The molecule has 0 saturated heterocycles. The van der Waals surface area contributed by atoms with Gasteiger partial charge in [0.25, 0.3) is 0 Å². The molecule has 4 heteroatoms. The summed E-state index contributed by atoms with van der Waals surface area (Å²) < 4.78 is 5.03. The largest absolute Gasteiger partial charge is 0.462 e. The van der Waals surface area contributed by atoms with Crippen molar-refractivity contribution in [3.63, 3.8) is 0 Å². The van der Waals surface area contributed by atoms with Gasteiger partial charge in [0.15, 0.2) is 0 Å². The molecule has 0 bridgehead atoms. The van der Waals surface area contributed by atoms with Crippen molar-refractivity contribution in [1.29, 1.82) is 0 Å². The second-order valence-electron chi connectivity index (χ2n) is 3.78. The number of rotatable bonds is 6. The predicted octanol–water partition coefficient (Wildman–Crippen LogP) is 1.78. The van der Waals surface area contributed by atoms with Crippen LogP contribution in [0.15, 0.2) is 0 Å². The summed E-state index contributed by atoms with van der Waals surface area (Å²) in [5, 5.41) is 8.64. The Morgan fingerprint density at radius 3 is 2.57 bits per heavy atom. The van der Waals surface area contributed by atoms with Crippen molar-refractivity contribution < 1.29 is 14.6 Å².